The molecule has 19 heavy (non-hydrogen) atoms. The highest BCUT2D eigenvalue weighted by molar-refractivity contribution is 9.10. The monoisotopic (exact) mass is 324 g/mol. The first-order valence-corrected chi connectivity index (χ1v) is 7.14. The molecule has 2 unspecified atom stereocenters. The maximum atomic E-state index is 8.82. The van der Waals surface area contributed by atoms with Crippen LogP contribution in [0.1, 0.15) is 18.9 Å². The van der Waals surface area contributed by atoms with Gasteiger partial charge < -0.3 is 14.8 Å². The smallest absolute Gasteiger partial charge is 0.0992 e. The standard InChI is InChI=1S/C14H17BrN2O2/c1-10(8-19-12-4-5-18-9-12)17-14-3-2-11(7-16)6-13(14)15/h2-3,6,10,12,17H,4-5,8-9H2,1H3. The number of benzene rings is 1. The van der Waals surface area contributed by atoms with Crippen LogP contribution in [0.3, 0.4) is 0 Å². The van der Waals surface area contributed by atoms with Crippen molar-refractivity contribution in [1.29, 1.82) is 5.26 Å². The molecule has 2 atom stereocenters. The van der Waals surface area contributed by atoms with E-state index in [2.05, 4.69) is 34.2 Å². The fourth-order valence-corrected chi connectivity index (χ4v) is 2.43. The fourth-order valence-electron chi connectivity index (χ4n) is 1.93. The summed E-state index contributed by atoms with van der Waals surface area (Å²) in [7, 11) is 0. The van der Waals surface area contributed by atoms with Crippen molar-refractivity contribution in [3.05, 3.63) is 28.2 Å². The van der Waals surface area contributed by atoms with Crippen LogP contribution in [0.4, 0.5) is 5.69 Å². The van der Waals surface area contributed by atoms with Crippen molar-refractivity contribution in [3.8, 4) is 6.07 Å². The van der Waals surface area contributed by atoms with Gasteiger partial charge in [-0.15, -0.1) is 0 Å². The largest absolute Gasteiger partial charge is 0.379 e. The third kappa shape index (κ3) is 4.20. The Labute approximate surface area is 121 Å². The van der Waals surface area contributed by atoms with Crippen LogP contribution in [-0.2, 0) is 9.47 Å². The van der Waals surface area contributed by atoms with Crippen LogP contribution in [0.25, 0.3) is 0 Å². The number of anilines is 1. The molecule has 1 aliphatic rings. The molecule has 0 amide bonds. The third-order valence-corrected chi connectivity index (χ3v) is 3.63. The van der Waals surface area contributed by atoms with Crippen LogP contribution >= 0.6 is 15.9 Å². The van der Waals surface area contributed by atoms with Gasteiger partial charge in [0.1, 0.15) is 0 Å². The van der Waals surface area contributed by atoms with Gasteiger partial charge in [0.15, 0.2) is 0 Å². The molecular weight excluding hydrogens is 308 g/mol. The minimum absolute atomic E-state index is 0.199. The van der Waals surface area contributed by atoms with Crippen LogP contribution in [-0.4, -0.2) is 32.0 Å². The SMILES string of the molecule is CC(COC1CCOC1)Nc1ccc(C#N)cc1Br. The minimum Gasteiger partial charge on any atom is -0.379 e. The lowest BCUT2D eigenvalue weighted by Gasteiger charge is -2.18. The van der Waals surface area contributed by atoms with Crippen molar-refractivity contribution in [1.82, 2.24) is 0 Å². The van der Waals surface area contributed by atoms with Gasteiger partial charge in [-0.2, -0.15) is 5.26 Å². The second kappa shape index (κ2) is 6.90. The van der Waals surface area contributed by atoms with Crippen molar-refractivity contribution < 1.29 is 9.47 Å². The molecule has 2 rings (SSSR count). The molecule has 0 aliphatic carbocycles. The molecule has 1 aromatic rings. The van der Waals surface area contributed by atoms with E-state index in [1.807, 2.05) is 6.07 Å². The second-order valence-corrected chi connectivity index (χ2v) is 5.53. The second-order valence-electron chi connectivity index (χ2n) is 4.67. The molecule has 0 aromatic heterocycles. The van der Waals surface area contributed by atoms with Crippen LogP contribution in [0.15, 0.2) is 22.7 Å². The third-order valence-electron chi connectivity index (χ3n) is 2.97. The summed E-state index contributed by atoms with van der Waals surface area (Å²) < 4.78 is 11.9. The van der Waals surface area contributed by atoms with Crippen LogP contribution in [0, 0.1) is 11.3 Å². The number of nitrogens with zero attached hydrogens (tertiary/aromatic N) is 1. The number of halogens is 1. The number of nitriles is 1. The maximum Gasteiger partial charge on any atom is 0.0992 e. The molecule has 4 nitrogen and oxygen atoms in total. The molecule has 1 fully saturated rings. The lowest BCUT2D eigenvalue weighted by Crippen LogP contribution is -2.26. The van der Waals surface area contributed by atoms with Gasteiger partial charge in [0.25, 0.3) is 0 Å². The highest BCUT2D eigenvalue weighted by Gasteiger charge is 2.17. The van der Waals surface area contributed by atoms with Crippen molar-refractivity contribution in [3.63, 3.8) is 0 Å². The quantitative estimate of drug-likeness (QED) is 0.904. The molecule has 5 heteroatoms. The molecule has 0 spiro atoms. The van der Waals surface area contributed by atoms with Crippen LogP contribution in [0.5, 0.6) is 0 Å². The Morgan fingerprint density at radius 1 is 1.63 bits per heavy atom. The molecular formula is C14H17BrN2O2. The van der Waals surface area contributed by atoms with E-state index in [4.69, 9.17) is 14.7 Å². The fraction of sp³-hybridized carbons (Fsp3) is 0.500. The van der Waals surface area contributed by atoms with Gasteiger partial charge in [-0.1, -0.05) is 0 Å². The summed E-state index contributed by atoms with van der Waals surface area (Å²) in [5, 5.41) is 12.2. The molecule has 0 bridgehead atoms. The summed E-state index contributed by atoms with van der Waals surface area (Å²) in [6, 6.07) is 7.82. The predicted molar refractivity (Wildman–Crippen MR) is 77.1 cm³/mol. The lowest BCUT2D eigenvalue weighted by molar-refractivity contribution is 0.0395. The van der Waals surface area contributed by atoms with Crippen LogP contribution < -0.4 is 5.32 Å². The Kier molecular flexibility index (Phi) is 5.20. The summed E-state index contributed by atoms with van der Waals surface area (Å²) in [5.74, 6) is 0. The van der Waals surface area contributed by atoms with Crippen molar-refractivity contribution >= 4 is 21.6 Å². The van der Waals surface area contributed by atoms with E-state index < -0.39 is 0 Å². The highest BCUT2D eigenvalue weighted by atomic mass is 79.9. The van der Waals surface area contributed by atoms with Gasteiger partial charge in [0.2, 0.25) is 0 Å². The maximum absolute atomic E-state index is 8.82. The zero-order valence-electron chi connectivity index (χ0n) is 10.9. The van der Waals surface area contributed by atoms with Gasteiger partial charge in [0, 0.05) is 22.8 Å². The summed E-state index contributed by atoms with van der Waals surface area (Å²) >= 11 is 3.46. The predicted octanol–water partition coefficient (Wildman–Crippen LogP) is 2.93. The van der Waals surface area contributed by atoms with E-state index in [1.54, 1.807) is 12.1 Å². The number of rotatable bonds is 5. The summed E-state index contributed by atoms with van der Waals surface area (Å²) in [4.78, 5) is 0. The van der Waals surface area contributed by atoms with E-state index in [0.29, 0.717) is 18.8 Å². The summed E-state index contributed by atoms with van der Waals surface area (Å²) in [6.45, 7) is 4.21. The number of hydrogen-bond donors (Lipinski definition) is 1. The van der Waals surface area contributed by atoms with E-state index in [0.717, 1.165) is 23.2 Å². The average molecular weight is 325 g/mol. The highest BCUT2D eigenvalue weighted by Crippen LogP contribution is 2.24. The van der Waals surface area contributed by atoms with Crippen molar-refractivity contribution in [2.45, 2.75) is 25.5 Å². The Hall–Kier alpha value is -1.09. The summed E-state index contributed by atoms with van der Waals surface area (Å²) in [6.07, 6.45) is 1.21. The minimum atomic E-state index is 0.199. The lowest BCUT2D eigenvalue weighted by atomic mass is 10.2. The zero-order chi connectivity index (χ0) is 13.7. The molecule has 0 saturated carbocycles. The van der Waals surface area contributed by atoms with Gasteiger partial charge in [-0.25, -0.2) is 0 Å². The van der Waals surface area contributed by atoms with Crippen molar-refractivity contribution in [2.24, 2.45) is 0 Å². The average Bonchev–Trinajstić information content (AvgIpc) is 2.92. The van der Waals surface area contributed by atoms with Gasteiger partial charge in [-0.3, -0.25) is 0 Å². The molecule has 1 heterocycles. The Morgan fingerprint density at radius 2 is 2.47 bits per heavy atom. The van der Waals surface area contributed by atoms with E-state index in [-0.39, 0.29) is 12.1 Å². The molecule has 1 aromatic carbocycles. The first-order valence-electron chi connectivity index (χ1n) is 6.34. The van der Waals surface area contributed by atoms with Crippen molar-refractivity contribution in [2.75, 3.05) is 25.1 Å². The zero-order valence-corrected chi connectivity index (χ0v) is 12.4. The number of ether oxygens (including phenoxy) is 2. The van der Waals surface area contributed by atoms with Gasteiger partial charge >= 0.3 is 0 Å². The van der Waals surface area contributed by atoms with Gasteiger partial charge in [-0.05, 0) is 47.5 Å². The van der Waals surface area contributed by atoms with E-state index >= 15 is 0 Å². The Morgan fingerprint density at radius 3 is 3.11 bits per heavy atom. The van der Waals surface area contributed by atoms with E-state index in [9.17, 15) is 0 Å². The van der Waals surface area contributed by atoms with E-state index in [1.165, 1.54) is 0 Å². The molecule has 1 N–H and O–H groups in total. The van der Waals surface area contributed by atoms with Gasteiger partial charge in [0.05, 0.1) is 31.0 Å². The number of nitrogens with one attached hydrogen (secondary N) is 1. The Balaban J connectivity index is 1.84. The normalized spacial score (nSPS) is 19.9. The van der Waals surface area contributed by atoms with Crippen LogP contribution in [0.2, 0.25) is 0 Å². The molecule has 0 radical (unpaired) electrons. The molecule has 102 valence electrons. The number of hydrogen-bond acceptors (Lipinski definition) is 4. The first-order chi connectivity index (χ1) is 9.19. The topological polar surface area (TPSA) is 54.3 Å². The molecule has 1 saturated heterocycles. The first kappa shape index (κ1) is 14.3. The molecule has 1 aliphatic heterocycles. The Bertz CT molecular complexity index is 467. The summed E-state index contributed by atoms with van der Waals surface area (Å²) in [5.41, 5.74) is 1.61.